The van der Waals surface area contributed by atoms with Crippen molar-refractivity contribution in [2.45, 2.75) is 45.4 Å². The molecule has 13 heavy (non-hydrogen) atoms. The average Bonchev–Trinajstić information content (AvgIpc) is 2.10. The molecule has 0 spiro atoms. The first kappa shape index (κ1) is 12.2. The highest BCUT2D eigenvalue weighted by Crippen LogP contribution is 2.13. The van der Waals surface area contributed by atoms with E-state index in [-0.39, 0.29) is 5.92 Å². The fourth-order valence-electron chi connectivity index (χ4n) is 1.35. The van der Waals surface area contributed by atoms with Crippen molar-refractivity contribution in [2.75, 3.05) is 0 Å². The van der Waals surface area contributed by atoms with Crippen molar-refractivity contribution in [3.63, 3.8) is 0 Å². The molecule has 0 saturated heterocycles. The van der Waals surface area contributed by atoms with E-state index >= 15 is 0 Å². The predicted molar refractivity (Wildman–Crippen MR) is 52.1 cm³/mol. The lowest BCUT2D eigenvalue weighted by atomic mass is 9.98. The summed E-state index contributed by atoms with van der Waals surface area (Å²) in [6.45, 7) is 5.68. The van der Waals surface area contributed by atoms with Crippen LogP contribution in [-0.2, 0) is 4.79 Å². The quantitative estimate of drug-likeness (QED) is 0.426. The van der Waals surface area contributed by atoms with Gasteiger partial charge in [-0.25, -0.2) is 0 Å². The molecule has 0 rings (SSSR count). The maximum Gasteiger partial charge on any atom is 0.0448 e. The van der Waals surface area contributed by atoms with Gasteiger partial charge < -0.3 is 9.90 Å². The van der Waals surface area contributed by atoms with E-state index in [1.165, 1.54) is 12.8 Å². The van der Waals surface area contributed by atoms with Crippen molar-refractivity contribution in [1.82, 2.24) is 0 Å². The van der Waals surface area contributed by atoms with E-state index in [1.54, 1.807) is 6.08 Å². The number of allylic oxidation sites excluding steroid dienone is 1. The Morgan fingerprint density at radius 1 is 1.46 bits per heavy atom. The number of rotatable bonds is 8. The van der Waals surface area contributed by atoms with Crippen molar-refractivity contribution in [3.05, 3.63) is 12.7 Å². The van der Waals surface area contributed by atoms with E-state index < -0.39 is 5.97 Å². The molecule has 0 N–H and O–H groups in total. The molecule has 2 heteroatoms. The molecule has 0 aromatic rings. The van der Waals surface area contributed by atoms with Crippen LogP contribution in [0.4, 0.5) is 0 Å². The van der Waals surface area contributed by atoms with E-state index in [0.717, 1.165) is 19.3 Å². The van der Waals surface area contributed by atoms with Crippen molar-refractivity contribution in [1.29, 1.82) is 0 Å². The molecule has 0 saturated carbocycles. The van der Waals surface area contributed by atoms with Gasteiger partial charge in [0.25, 0.3) is 0 Å². The highest BCUT2D eigenvalue weighted by atomic mass is 16.4. The summed E-state index contributed by atoms with van der Waals surface area (Å²) in [6, 6.07) is 0. The van der Waals surface area contributed by atoms with Gasteiger partial charge in [0.2, 0.25) is 0 Å². The summed E-state index contributed by atoms with van der Waals surface area (Å²) in [5.74, 6) is -1.26. The molecule has 0 aliphatic heterocycles. The third-order valence-corrected chi connectivity index (χ3v) is 2.19. The molecule has 0 aliphatic carbocycles. The molecular formula is C11H19O2-. The molecule has 0 aromatic heterocycles. The maximum absolute atomic E-state index is 10.6. The van der Waals surface area contributed by atoms with Crippen LogP contribution in [0.1, 0.15) is 45.4 Å². The first-order chi connectivity index (χ1) is 6.22. The topological polar surface area (TPSA) is 40.1 Å². The summed E-state index contributed by atoms with van der Waals surface area (Å²) in [6.07, 6.45) is 7.39. The van der Waals surface area contributed by atoms with E-state index in [0.29, 0.717) is 6.42 Å². The first-order valence-corrected chi connectivity index (χ1v) is 5.04. The van der Waals surface area contributed by atoms with Gasteiger partial charge in [-0.3, -0.25) is 0 Å². The van der Waals surface area contributed by atoms with E-state index in [1.807, 2.05) is 0 Å². The predicted octanol–water partition coefficient (Wildman–Crippen LogP) is 1.90. The van der Waals surface area contributed by atoms with Crippen LogP contribution in [-0.4, -0.2) is 5.97 Å². The van der Waals surface area contributed by atoms with Gasteiger partial charge in [0.15, 0.2) is 0 Å². The summed E-state index contributed by atoms with van der Waals surface area (Å²) in [4.78, 5) is 10.6. The van der Waals surface area contributed by atoms with E-state index in [9.17, 15) is 9.90 Å². The molecular weight excluding hydrogens is 164 g/mol. The fourth-order valence-corrected chi connectivity index (χ4v) is 1.35. The van der Waals surface area contributed by atoms with Crippen LogP contribution in [0.3, 0.4) is 0 Å². The molecule has 1 unspecified atom stereocenters. The Balaban J connectivity index is 3.56. The monoisotopic (exact) mass is 183 g/mol. The molecule has 0 aromatic carbocycles. The van der Waals surface area contributed by atoms with Crippen molar-refractivity contribution in [2.24, 2.45) is 5.92 Å². The van der Waals surface area contributed by atoms with Gasteiger partial charge in [-0.2, -0.15) is 0 Å². The summed E-state index contributed by atoms with van der Waals surface area (Å²) in [5, 5.41) is 10.6. The van der Waals surface area contributed by atoms with Crippen LogP contribution in [0.5, 0.6) is 0 Å². The lowest BCUT2D eigenvalue weighted by Gasteiger charge is -2.15. The van der Waals surface area contributed by atoms with Crippen LogP contribution < -0.4 is 5.11 Å². The summed E-state index contributed by atoms with van der Waals surface area (Å²) >= 11 is 0. The van der Waals surface area contributed by atoms with Gasteiger partial charge in [-0.15, -0.1) is 6.58 Å². The molecule has 0 aliphatic rings. The zero-order valence-corrected chi connectivity index (χ0v) is 8.42. The molecule has 0 radical (unpaired) electrons. The number of carboxylic acid groups (broad SMARTS) is 1. The number of carbonyl (C=O) groups excluding carboxylic acids is 1. The maximum atomic E-state index is 10.6. The minimum Gasteiger partial charge on any atom is -0.550 e. The first-order valence-electron chi connectivity index (χ1n) is 5.04. The Kier molecular flexibility index (Phi) is 7.36. The zero-order valence-electron chi connectivity index (χ0n) is 8.42. The van der Waals surface area contributed by atoms with Crippen molar-refractivity contribution < 1.29 is 9.90 Å². The highest BCUT2D eigenvalue weighted by Gasteiger charge is 2.06. The lowest BCUT2D eigenvalue weighted by molar-refractivity contribution is -0.311. The van der Waals surface area contributed by atoms with Crippen LogP contribution >= 0.6 is 0 Å². The van der Waals surface area contributed by atoms with Crippen LogP contribution in [0.2, 0.25) is 0 Å². The molecule has 1 atom stereocenters. The number of hydrogen-bond donors (Lipinski definition) is 0. The van der Waals surface area contributed by atoms with Crippen molar-refractivity contribution in [3.8, 4) is 0 Å². The lowest BCUT2D eigenvalue weighted by Crippen LogP contribution is -2.30. The molecule has 0 heterocycles. The highest BCUT2D eigenvalue weighted by molar-refractivity contribution is 5.67. The minimum atomic E-state index is -0.934. The van der Waals surface area contributed by atoms with Gasteiger partial charge in [-0.1, -0.05) is 38.7 Å². The SMILES string of the molecule is C=CCC(CCCCCC)C(=O)[O-]. The number of carbonyl (C=O) groups is 1. The number of unbranched alkanes of at least 4 members (excludes halogenated alkanes) is 3. The summed E-state index contributed by atoms with van der Waals surface area (Å²) in [7, 11) is 0. The van der Waals surface area contributed by atoms with E-state index in [2.05, 4.69) is 13.5 Å². The van der Waals surface area contributed by atoms with Gasteiger partial charge >= 0.3 is 0 Å². The average molecular weight is 183 g/mol. The minimum absolute atomic E-state index is 0.325. The second kappa shape index (κ2) is 7.84. The Labute approximate surface area is 80.7 Å². The normalized spacial score (nSPS) is 12.4. The molecule has 0 amide bonds. The third-order valence-electron chi connectivity index (χ3n) is 2.19. The second-order valence-electron chi connectivity index (χ2n) is 3.39. The largest absolute Gasteiger partial charge is 0.550 e. The molecule has 2 nitrogen and oxygen atoms in total. The smallest absolute Gasteiger partial charge is 0.0448 e. The van der Waals surface area contributed by atoms with Gasteiger partial charge in [0, 0.05) is 11.9 Å². The second-order valence-corrected chi connectivity index (χ2v) is 3.39. The van der Waals surface area contributed by atoms with Gasteiger partial charge in [-0.05, 0) is 12.8 Å². The summed E-state index contributed by atoms with van der Waals surface area (Å²) < 4.78 is 0. The van der Waals surface area contributed by atoms with E-state index in [4.69, 9.17) is 0 Å². The molecule has 76 valence electrons. The third kappa shape index (κ3) is 6.38. The summed E-state index contributed by atoms with van der Waals surface area (Å²) in [5.41, 5.74) is 0. The molecule has 0 fully saturated rings. The molecule has 0 bridgehead atoms. The Hall–Kier alpha value is -0.790. The number of aliphatic carboxylic acids is 1. The van der Waals surface area contributed by atoms with Gasteiger partial charge in [0.05, 0.1) is 0 Å². The van der Waals surface area contributed by atoms with Gasteiger partial charge in [0.1, 0.15) is 0 Å². The Bertz CT molecular complexity index is 152. The van der Waals surface area contributed by atoms with Crippen LogP contribution in [0.25, 0.3) is 0 Å². The Morgan fingerprint density at radius 3 is 2.62 bits per heavy atom. The number of carboxylic acids is 1. The fraction of sp³-hybridized carbons (Fsp3) is 0.727. The standard InChI is InChI=1S/C11H20O2/c1-3-5-6-7-9-10(8-4-2)11(12)13/h4,10H,2-3,5-9H2,1H3,(H,12,13)/p-1. The van der Waals surface area contributed by atoms with Crippen LogP contribution in [0.15, 0.2) is 12.7 Å². The Morgan fingerprint density at radius 2 is 2.15 bits per heavy atom. The van der Waals surface area contributed by atoms with Crippen molar-refractivity contribution >= 4 is 5.97 Å². The zero-order chi connectivity index (χ0) is 10.1. The number of hydrogen-bond acceptors (Lipinski definition) is 2. The van der Waals surface area contributed by atoms with Crippen LogP contribution in [0, 0.1) is 5.92 Å².